The van der Waals surface area contributed by atoms with Crippen LogP contribution >= 0.6 is 0 Å². The molecule has 28 heavy (non-hydrogen) atoms. The maximum Gasteiger partial charge on any atom is 0.229 e. The number of rotatable bonds is 2. The van der Waals surface area contributed by atoms with Gasteiger partial charge in [0.15, 0.2) is 0 Å². The molecule has 2 N–H and O–H groups in total. The van der Waals surface area contributed by atoms with Crippen LogP contribution in [0.25, 0.3) is 0 Å². The van der Waals surface area contributed by atoms with Crippen molar-refractivity contribution < 1.29 is 9.22 Å². The largest absolute Gasteiger partial charge is 0.545 e. The van der Waals surface area contributed by atoms with Crippen molar-refractivity contribution >= 4 is 20.5 Å². The molecule has 0 spiro atoms. The van der Waals surface area contributed by atoms with Crippen molar-refractivity contribution in [3.63, 3.8) is 0 Å². The first kappa shape index (κ1) is 20.0. The average Bonchev–Trinajstić information content (AvgIpc) is 2.90. The van der Waals surface area contributed by atoms with Gasteiger partial charge in [-0.3, -0.25) is 4.79 Å². The molecule has 1 aromatic carbocycles. The van der Waals surface area contributed by atoms with Crippen LogP contribution in [0.1, 0.15) is 82.4 Å². The molecular weight excluding hydrogens is 362 g/mol. The molecule has 154 valence electrons. The lowest BCUT2D eigenvalue weighted by molar-refractivity contribution is -0.129. The maximum absolute atomic E-state index is 12.6. The molecule has 2 fully saturated rings. The topological polar surface area (TPSA) is 52.3 Å². The van der Waals surface area contributed by atoms with E-state index in [1.807, 2.05) is 0 Å². The highest BCUT2D eigenvalue weighted by Gasteiger charge is 2.55. The number of aryl methyl sites for hydroxylation is 1. The Morgan fingerprint density at radius 2 is 1.89 bits per heavy atom. The van der Waals surface area contributed by atoms with Gasteiger partial charge in [-0.15, -0.1) is 0 Å². The van der Waals surface area contributed by atoms with Gasteiger partial charge in [0.1, 0.15) is 11.5 Å². The number of hydrogen-bond donors (Lipinski definition) is 1. The van der Waals surface area contributed by atoms with Crippen molar-refractivity contribution in [3.05, 3.63) is 22.8 Å². The normalized spacial score (nSPS) is 32.1. The summed E-state index contributed by atoms with van der Waals surface area (Å²) < 4.78 is 6.53. The molecule has 0 unspecified atom stereocenters. The molecule has 0 amide bonds. The summed E-state index contributed by atoms with van der Waals surface area (Å²) in [4.78, 5) is 12.6. The summed E-state index contributed by atoms with van der Waals surface area (Å²) >= 11 is 0. The maximum atomic E-state index is 12.6. The van der Waals surface area contributed by atoms with Gasteiger partial charge >= 0.3 is 0 Å². The fourth-order valence-corrected chi connectivity index (χ4v) is 7.21. The molecule has 3 aliphatic rings. The third kappa shape index (κ3) is 2.94. The van der Waals surface area contributed by atoms with Crippen LogP contribution in [0.5, 0.6) is 5.75 Å². The second-order valence-corrected chi connectivity index (χ2v) is 13.3. The molecule has 4 atom stereocenters. The van der Waals surface area contributed by atoms with Crippen molar-refractivity contribution in [2.75, 3.05) is 5.73 Å². The van der Waals surface area contributed by atoms with Gasteiger partial charge in [-0.25, -0.2) is 0 Å². The first-order chi connectivity index (χ1) is 13.0. The average molecular weight is 400 g/mol. The van der Waals surface area contributed by atoms with E-state index in [4.69, 9.17) is 10.2 Å². The van der Waals surface area contributed by atoms with Gasteiger partial charge < -0.3 is 10.2 Å². The van der Waals surface area contributed by atoms with Gasteiger partial charge in [-0.2, -0.15) is 0 Å². The Balaban J connectivity index is 1.83. The summed E-state index contributed by atoms with van der Waals surface area (Å²) in [5.74, 6) is 3.17. The van der Waals surface area contributed by atoms with E-state index in [1.165, 1.54) is 23.1 Å². The molecule has 0 heterocycles. The third-order valence-electron chi connectivity index (χ3n) is 7.87. The van der Waals surface area contributed by atoms with Crippen LogP contribution in [-0.2, 0) is 16.6 Å². The zero-order chi connectivity index (χ0) is 20.4. The minimum Gasteiger partial charge on any atom is -0.545 e. The quantitative estimate of drug-likeness (QED) is 0.538. The number of hydrogen-bond acceptors (Lipinski definition) is 3. The van der Waals surface area contributed by atoms with Crippen molar-refractivity contribution in [1.82, 2.24) is 0 Å². The molecule has 0 aliphatic heterocycles. The Labute approximate surface area is 172 Å². The lowest BCUT2D eigenvalue weighted by Gasteiger charge is -2.49. The van der Waals surface area contributed by atoms with E-state index in [0.717, 1.165) is 43.5 Å². The highest BCUT2D eigenvalue weighted by atomic mass is 28.3. The Morgan fingerprint density at radius 3 is 2.54 bits per heavy atom. The Hall–Kier alpha value is -1.29. The molecule has 4 rings (SSSR count). The molecule has 3 aliphatic carbocycles. The van der Waals surface area contributed by atoms with Crippen molar-refractivity contribution in [2.24, 2.45) is 17.3 Å². The van der Waals surface area contributed by atoms with Crippen LogP contribution < -0.4 is 10.2 Å². The Bertz CT molecular complexity index is 810. The van der Waals surface area contributed by atoms with Crippen molar-refractivity contribution in [3.8, 4) is 5.75 Å². The van der Waals surface area contributed by atoms with E-state index in [2.05, 4.69) is 46.9 Å². The van der Waals surface area contributed by atoms with Gasteiger partial charge in [-0.1, -0.05) is 33.8 Å². The second kappa shape index (κ2) is 6.61. The molecule has 0 aromatic heterocycles. The van der Waals surface area contributed by atoms with Crippen LogP contribution in [0.4, 0.5) is 5.69 Å². The first-order valence-electron chi connectivity index (χ1n) is 11.2. The monoisotopic (exact) mass is 399 g/mol. The fourth-order valence-electron chi connectivity index (χ4n) is 6.48. The van der Waals surface area contributed by atoms with Gasteiger partial charge in [0.05, 0.1) is 5.69 Å². The van der Waals surface area contributed by atoms with Crippen LogP contribution in [0.15, 0.2) is 6.07 Å². The lowest BCUT2D eigenvalue weighted by atomic mass is 9.55. The smallest absolute Gasteiger partial charge is 0.229 e. The molecule has 4 heteroatoms. The summed E-state index contributed by atoms with van der Waals surface area (Å²) in [5.41, 5.74) is 11.6. The summed E-state index contributed by atoms with van der Waals surface area (Å²) in [7, 11) is -1.28. The standard InChI is InChI=1S/C24H37NO2Si/c1-23(2,3)18-13-14-7-8-15-16(20(14)22(21(18)25)27-28(5)6)11-12-24(4)17(15)9-10-19(24)26/h13,15-17,28H,7-12,25H2,1-6H3/t15-,16+,17+,24+/m1/s1. The minimum atomic E-state index is -1.28. The summed E-state index contributed by atoms with van der Waals surface area (Å²) in [5, 5.41) is 0. The predicted octanol–water partition coefficient (Wildman–Crippen LogP) is 5.35. The van der Waals surface area contributed by atoms with Gasteiger partial charge in [0, 0.05) is 17.4 Å². The zero-order valence-corrected chi connectivity index (χ0v) is 19.7. The van der Waals surface area contributed by atoms with E-state index in [0.29, 0.717) is 23.5 Å². The van der Waals surface area contributed by atoms with E-state index >= 15 is 0 Å². The van der Waals surface area contributed by atoms with Gasteiger partial charge in [0.25, 0.3) is 0 Å². The SMILES string of the molecule is C[SiH](C)Oc1c(N)c(C(C)(C)C)cc2c1[C@H]1CC[C@]3(C)C(=O)CC[C@H]3[C@@H]1CC2. The van der Waals surface area contributed by atoms with E-state index < -0.39 is 9.04 Å². The number of benzene rings is 1. The predicted molar refractivity (Wildman–Crippen MR) is 119 cm³/mol. The molecule has 0 saturated heterocycles. The minimum absolute atomic E-state index is 0.00954. The second-order valence-electron chi connectivity index (χ2n) is 11.0. The number of nitrogens with two attached hydrogens (primary N) is 1. The molecule has 0 radical (unpaired) electrons. The summed E-state index contributed by atoms with van der Waals surface area (Å²) in [6, 6.07) is 2.38. The molecule has 1 aromatic rings. The number of carbonyl (C=O) groups excluding carboxylic acids is 1. The van der Waals surface area contributed by atoms with E-state index in [-0.39, 0.29) is 10.8 Å². The van der Waals surface area contributed by atoms with Crippen LogP contribution in [-0.4, -0.2) is 14.8 Å². The van der Waals surface area contributed by atoms with Crippen LogP contribution in [0, 0.1) is 17.3 Å². The van der Waals surface area contributed by atoms with Crippen LogP contribution in [0.3, 0.4) is 0 Å². The van der Waals surface area contributed by atoms with Crippen LogP contribution in [0.2, 0.25) is 13.1 Å². The number of fused-ring (bicyclic) bond motifs is 5. The molecule has 2 saturated carbocycles. The summed E-state index contributed by atoms with van der Waals surface area (Å²) in [6.07, 6.45) is 6.28. The van der Waals surface area contributed by atoms with E-state index in [9.17, 15) is 4.79 Å². The first-order valence-corrected chi connectivity index (χ1v) is 14.0. The number of carbonyl (C=O) groups is 1. The molecular formula is C24H37NO2Si. The number of Topliss-reactive ketones (excluding diaryl/α,β-unsaturated/α-hetero) is 1. The van der Waals surface area contributed by atoms with Gasteiger partial charge in [0.2, 0.25) is 9.04 Å². The van der Waals surface area contributed by atoms with Crippen molar-refractivity contribution in [2.45, 2.75) is 90.6 Å². The van der Waals surface area contributed by atoms with E-state index in [1.54, 1.807) is 0 Å². The highest BCUT2D eigenvalue weighted by Crippen LogP contribution is 2.61. The fraction of sp³-hybridized carbons (Fsp3) is 0.708. The van der Waals surface area contributed by atoms with Gasteiger partial charge in [-0.05, 0) is 79.5 Å². The zero-order valence-electron chi connectivity index (χ0n) is 18.5. The Morgan fingerprint density at radius 1 is 1.18 bits per heavy atom. The summed E-state index contributed by atoms with van der Waals surface area (Å²) in [6.45, 7) is 13.4. The lowest BCUT2D eigenvalue weighted by Crippen LogP contribution is -2.42. The number of ketones is 1. The highest BCUT2D eigenvalue weighted by molar-refractivity contribution is 6.49. The van der Waals surface area contributed by atoms with Crippen molar-refractivity contribution in [1.29, 1.82) is 0 Å². The Kier molecular flexibility index (Phi) is 4.72. The number of nitrogen functional groups attached to an aromatic ring is 1. The molecule has 0 bridgehead atoms. The molecule has 3 nitrogen and oxygen atoms in total. The third-order valence-corrected chi connectivity index (χ3v) is 8.58. The number of anilines is 1.